The van der Waals surface area contributed by atoms with Crippen LogP contribution in [0.2, 0.25) is 0 Å². The SMILES string of the molecule is CCCN1CCC(N2CCN(C[C@@H](O)COCC)CC2)CC1. The molecule has 0 unspecified atom stereocenters. The van der Waals surface area contributed by atoms with Gasteiger partial charge in [-0.05, 0) is 45.8 Å². The Hall–Kier alpha value is -0.200. The Labute approximate surface area is 136 Å². The average Bonchev–Trinajstić information content (AvgIpc) is 2.55. The molecule has 22 heavy (non-hydrogen) atoms. The summed E-state index contributed by atoms with van der Waals surface area (Å²) in [5.41, 5.74) is 0. The highest BCUT2D eigenvalue weighted by Crippen LogP contribution is 2.18. The summed E-state index contributed by atoms with van der Waals surface area (Å²) >= 11 is 0. The van der Waals surface area contributed by atoms with Gasteiger partial charge in [0.1, 0.15) is 0 Å². The molecule has 0 aromatic heterocycles. The minimum absolute atomic E-state index is 0.344. The highest BCUT2D eigenvalue weighted by Gasteiger charge is 2.27. The summed E-state index contributed by atoms with van der Waals surface area (Å²) in [6, 6.07) is 0.781. The molecule has 0 aromatic rings. The Bertz CT molecular complexity index is 288. The van der Waals surface area contributed by atoms with Gasteiger partial charge in [-0.3, -0.25) is 9.80 Å². The number of likely N-dealkylation sites (tertiary alicyclic amines) is 1. The molecule has 130 valence electrons. The Morgan fingerprint density at radius 3 is 2.27 bits per heavy atom. The number of aliphatic hydroxyl groups excluding tert-OH is 1. The first-order valence-electron chi connectivity index (χ1n) is 9.17. The van der Waals surface area contributed by atoms with Crippen LogP contribution >= 0.6 is 0 Å². The van der Waals surface area contributed by atoms with Crippen molar-refractivity contribution >= 4 is 0 Å². The zero-order valence-electron chi connectivity index (χ0n) is 14.5. The fraction of sp³-hybridized carbons (Fsp3) is 1.00. The molecular weight excluding hydrogens is 278 g/mol. The zero-order valence-corrected chi connectivity index (χ0v) is 14.5. The first kappa shape index (κ1) is 18.1. The molecule has 2 aliphatic heterocycles. The minimum atomic E-state index is -0.344. The third-order valence-electron chi connectivity index (χ3n) is 5.00. The van der Waals surface area contributed by atoms with Crippen molar-refractivity contribution < 1.29 is 9.84 Å². The Balaban J connectivity index is 1.63. The molecule has 0 radical (unpaired) electrons. The average molecular weight is 313 g/mol. The van der Waals surface area contributed by atoms with Gasteiger partial charge >= 0.3 is 0 Å². The van der Waals surface area contributed by atoms with Gasteiger partial charge in [-0.2, -0.15) is 0 Å². The molecule has 5 nitrogen and oxygen atoms in total. The van der Waals surface area contributed by atoms with Crippen molar-refractivity contribution in [2.75, 3.05) is 65.6 Å². The van der Waals surface area contributed by atoms with E-state index in [1.54, 1.807) is 0 Å². The second-order valence-corrected chi connectivity index (χ2v) is 6.72. The van der Waals surface area contributed by atoms with Crippen molar-refractivity contribution in [3.05, 3.63) is 0 Å². The highest BCUT2D eigenvalue weighted by atomic mass is 16.5. The van der Waals surface area contributed by atoms with E-state index in [1.165, 1.54) is 38.9 Å². The Morgan fingerprint density at radius 1 is 1.00 bits per heavy atom. The molecule has 2 heterocycles. The highest BCUT2D eigenvalue weighted by molar-refractivity contribution is 4.83. The molecule has 1 N–H and O–H groups in total. The number of piperazine rings is 1. The molecule has 2 aliphatic rings. The van der Waals surface area contributed by atoms with Gasteiger partial charge in [-0.15, -0.1) is 0 Å². The lowest BCUT2D eigenvalue weighted by Crippen LogP contribution is -2.54. The van der Waals surface area contributed by atoms with Crippen LogP contribution in [-0.4, -0.2) is 97.5 Å². The molecule has 2 saturated heterocycles. The zero-order chi connectivity index (χ0) is 15.8. The fourth-order valence-corrected chi connectivity index (χ4v) is 3.74. The van der Waals surface area contributed by atoms with E-state index in [9.17, 15) is 5.11 Å². The molecule has 0 aliphatic carbocycles. The van der Waals surface area contributed by atoms with E-state index in [2.05, 4.69) is 21.6 Å². The number of hydrogen-bond acceptors (Lipinski definition) is 5. The van der Waals surface area contributed by atoms with E-state index in [4.69, 9.17) is 4.74 Å². The molecule has 2 fully saturated rings. The Kier molecular flexibility index (Phi) is 8.11. The maximum absolute atomic E-state index is 9.94. The third kappa shape index (κ3) is 5.78. The van der Waals surface area contributed by atoms with E-state index in [0.717, 1.165) is 38.8 Å². The second kappa shape index (κ2) is 9.83. The van der Waals surface area contributed by atoms with Crippen LogP contribution in [0, 0.1) is 0 Å². The summed E-state index contributed by atoms with van der Waals surface area (Å²) < 4.78 is 5.29. The number of aliphatic hydroxyl groups is 1. The van der Waals surface area contributed by atoms with Gasteiger partial charge < -0.3 is 14.7 Å². The van der Waals surface area contributed by atoms with Crippen molar-refractivity contribution in [2.24, 2.45) is 0 Å². The second-order valence-electron chi connectivity index (χ2n) is 6.72. The maximum Gasteiger partial charge on any atom is 0.0900 e. The molecule has 0 bridgehead atoms. The summed E-state index contributed by atoms with van der Waals surface area (Å²) in [6.45, 7) is 14.4. The van der Waals surface area contributed by atoms with Gasteiger partial charge in [0.05, 0.1) is 12.7 Å². The van der Waals surface area contributed by atoms with Crippen molar-refractivity contribution in [1.29, 1.82) is 0 Å². The summed E-state index contributed by atoms with van der Waals surface area (Å²) in [7, 11) is 0. The predicted molar refractivity (Wildman–Crippen MR) is 90.3 cm³/mol. The van der Waals surface area contributed by atoms with Crippen molar-refractivity contribution in [2.45, 2.75) is 45.3 Å². The van der Waals surface area contributed by atoms with E-state index in [0.29, 0.717) is 13.2 Å². The number of β-amino-alcohol motifs (C(OH)–C–C–N with tert-alkyl or cyclic N) is 1. The van der Waals surface area contributed by atoms with Crippen molar-refractivity contribution in [3.63, 3.8) is 0 Å². The lowest BCUT2D eigenvalue weighted by atomic mass is 10.0. The van der Waals surface area contributed by atoms with Crippen LogP contribution in [0.4, 0.5) is 0 Å². The monoisotopic (exact) mass is 313 g/mol. The van der Waals surface area contributed by atoms with Crippen LogP contribution in [0.15, 0.2) is 0 Å². The first-order chi connectivity index (χ1) is 10.7. The number of nitrogens with zero attached hydrogens (tertiary/aromatic N) is 3. The quantitative estimate of drug-likeness (QED) is 0.720. The van der Waals surface area contributed by atoms with Crippen LogP contribution in [-0.2, 0) is 4.74 Å². The largest absolute Gasteiger partial charge is 0.389 e. The molecule has 0 amide bonds. The normalized spacial score (nSPS) is 24.7. The number of rotatable bonds is 8. The number of hydrogen-bond donors (Lipinski definition) is 1. The van der Waals surface area contributed by atoms with Crippen LogP contribution in [0.25, 0.3) is 0 Å². The maximum atomic E-state index is 9.94. The van der Waals surface area contributed by atoms with E-state index < -0.39 is 0 Å². The third-order valence-corrected chi connectivity index (χ3v) is 5.00. The predicted octanol–water partition coefficient (Wildman–Crippen LogP) is 0.876. The van der Waals surface area contributed by atoms with Crippen LogP contribution in [0.5, 0.6) is 0 Å². The molecule has 2 rings (SSSR count). The molecule has 0 spiro atoms. The lowest BCUT2D eigenvalue weighted by Gasteiger charge is -2.43. The van der Waals surface area contributed by atoms with Crippen molar-refractivity contribution in [1.82, 2.24) is 14.7 Å². The molecule has 1 atom stereocenters. The molecule has 0 saturated carbocycles. The van der Waals surface area contributed by atoms with E-state index in [-0.39, 0.29) is 6.10 Å². The van der Waals surface area contributed by atoms with Crippen LogP contribution < -0.4 is 0 Å². The lowest BCUT2D eigenvalue weighted by molar-refractivity contribution is 0.00195. The van der Waals surface area contributed by atoms with Gasteiger partial charge in [0.15, 0.2) is 0 Å². The summed E-state index contributed by atoms with van der Waals surface area (Å²) in [4.78, 5) is 7.66. The minimum Gasteiger partial charge on any atom is -0.389 e. The standard InChI is InChI=1S/C17H35N3O2/c1-3-7-18-8-5-16(6-9-18)20-12-10-19(11-13-20)14-17(21)15-22-4-2/h16-17,21H,3-15H2,1-2H3/t17-/m1/s1. The number of ether oxygens (including phenoxy) is 1. The van der Waals surface area contributed by atoms with Crippen molar-refractivity contribution in [3.8, 4) is 0 Å². The summed E-state index contributed by atoms with van der Waals surface area (Å²) in [6.07, 6.45) is 3.58. The first-order valence-corrected chi connectivity index (χ1v) is 9.17. The van der Waals surface area contributed by atoms with Gasteiger partial charge in [0.25, 0.3) is 0 Å². The van der Waals surface area contributed by atoms with E-state index in [1.807, 2.05) is 6.92 Å². The van der Waals surface area contributed by atoms with Crippen LogP contribution in [0.1, 0.15) is 33.1 Å². The fourth-order valence-electron chi connectivity index (χ4n) is 3.74. The van der Waals surface area contributed by atoms with Gasteiger partial charge in [-0.25, -0.2) is 0 Å². The van der Waals surface area contributed by atoms with Gasteiger partial charge in [-0.1, -0.05) is 6.92 Å². The summed E-state index contributed by atoms with van der Waals surface area (Å²) in [5.74, 6) is 0. The Morgan fingerprint density at radius 2 is 1.68 bits per heavy atom. The topological polar surface area (TPSA) is 39.2 Å². The van der Waals surface area contributed by atoms with Gasteiger partial charge in [0.2, 0.25) is 0 Å². The summed E-state index contributed by atoms with van der Waals surface area (Å²) in [5, 5.41) is 9.94. The molecule has 5 heteroatoms. The molecule has 0 aromatic carbocycles. The smallest absolute Gasteiger partial charge is 0.0900 e. The number of piperidine rings is 1. The molecular formula is C17H35N3O2. The van der Waals surface area contributed by atoms with Crippen LogP contribution in [0.3, 0.4) is 0 Å². The van der Waals surface area contributed by atoms with E-state index >= 15 is 0 Å². The van der Waals surface area contributed by atoms with Gasteiger partial charge in [0, 0.05) is 45.4 Å².